The second-order valence-corrected chi connectivity index (χ2v) is 9.36. The maximum Gasteiger partial charge on any atom is 0.240 e. The molecule has 4 aromatic rings. The molecule has 0 bridgehead atoms. The van der Waals surface area contributed by atoms with Crippen LogP contribution in [0.15, 0.2) is 72.0 Å². The van der Waals surface area contributed by atoms with Crippen LogP contribution >= 0.6 is 23.1 Å². The van der Waals surface area contributed by atoms with E-state index in [4.69, 9.17) is 0 Å². The van der Waals surface area contributed by atoms with Crippen LogP contribution in [-0.2, 0) is 11.2 Å². The molecule has 0 aliphatic carbocycles. The predicted molar refractivity (Wildman–Crippen MR) is 121 cm³/mol. The zero-order valence-corrected chi connectivity index (χ0v) is 17.5. The van der Waals surface area contributed by atoms with Gasteiger partial charge in [0.1, 0.15) is 16.2 Å². The summed E-state index contributed by atoms with van der Waals surface area (Å²) in [4.78, 5) is 26.1. The van der Waals surface area contributed by atoms with E-state index in [2.05, 4.69) is 34.2 Å². The number of rotatable bonds is 4. The number of hydrogen-bond donors (Lipinski definition) is 0. The maximum absolute atomic E-state index is 13.1. The highest BCUT2D eigenvalue weighted by molar-refractivity contribution is 8.00. The van der Waals surface area contributed by atoms with Gasteiger partial charge in [0.05, 0.1) is 5.25 Å². The summed E-state index contributed by atoms with van der Waals surface area (Å²) in [6, 6.07) is 20.6. The van der Waals surface area contributed by atoms with Crippen molar-refractivity contribution >= 4 is 44.9 Å². The molecule has 1 amide bonds. The molecule has 0 fully saturated rings. The van der Waals surface area contributed by atoms with Crippen LogP contribution in [0.5, 0.6) is 0 Å². The Morgan fingerprint density at radius 1 is 1.10 bits per heavy atom. The van der Waals surface area contributed by atoms with Crippen molar-refractivity contribution in [1.82, 2.24) is 9.97 Å². The van der Waals surface area contributed by atoms with E-state index in [9.17, 15) is 4.79 Å². The van der Waals surface area contributed by atoms with Gasteiger partial charge in [0.15, 0.2) is 0 Å². The average Bonchev–Trinajstić information content (AvgIpc) is 3.39. The molecule has 2 aromatic heterocycles. The highest BCUT2D eigenvalue weighted by atomic mass is 32.2. The lowest BCUT2D eigenvalue weighted by atomic mass is 10.2. The number of fused-ring (bicyclic) bond motifs is 2. The van der Waals surface area contributed by atoms with E-state index in [-0.39, 0.29) is 11.2 Å². The zero-order valence-electron chi connectivity index (χ0n) is 15.9. The molecule has 0 radical (unpaired) electrons. The normalized spacial score (nSPS) is 14.2. The van der Waals surface area contributed by atoms with E-state index < -0.39 is 0 Å². The number of carbonyl (C=O) groups is 1. The fourth-order valence-electron chi connectivity index (χ4n) is 3.68. The molecule has 1 unspecified atom stereocenters. The number of hydrogen-bond acceptors (Lipinski definition) is 5. The van der Waals surface area contributed by atoms with Crippen LogP contribution in [0.1, 0.15) is 12.5 Å². The van der Waals surface area contributed by atoms with Crippen LogP contribution in [-0.4, -0.2) is 27.7 Å². The Balaban J connectivity index is 1.41. The van der Waals surface area contributed by atoms with Crippen LogP contribution in [0.2, 0.25) is 0 Å². The van der Waals surface area contributed by atoms with E-state index in [0.717, 1.165) is 38.8 Å². The Kier molecular flexibility index (Phi) is 4.81. The molecule has 1 aliphatic rings. The molecular weight excluding hydrogens is 398 g/mol. The number of nitrogens with zero attached hydrogens (tertiary/aromatic N) is 3. The number of amides is 1. The number of thioether (sulfide) groups is 1. The van der Waals surface area contributed by atoms with Gasteiger partial charge < -0.3 is 4.90 Å². The first kappa shape index (κ1) is 18.3. The van der Waals surface area contributed by atoms with Gasteiger partial charge in [-0.15, -0.1) is 11.3 Å². The zero-order chi connectivity index (χ0) is 19.8. The number of aromatic nitrogens is 2. The fraction of sp³-hybridized carbons (Fsp3) is 0.174. The lowest BCUT2D eigenvalue weighted by Gasteiger charge is -2.21. The minimum absolute atomic E-state index is 0.130. The van der Waals surface area contributed by atoms with Gasteiger partial charge in [-0.05, 0) is 36.6 Å². The molecule has 5 rings (SSSR count). The van der Waals surface area contributed by atoms with E-state index in [0.29, 0.717) is 0 Å². The van der Waals surface area contributed by atoms with Crippen molar-refractivity contribution in [3.8, 4) is 10.4 Å². The molecule has 0 saturated heterocycles. The third-order valence-electron chi connectivity index (χ3n) is 5.14. The van der Waals surface area contributed by atoms with Crippen molar-refractivity contribution in [1.29, 1.82) is 0 Å². The number of anilines is 1. The lowest BCUT2D eigenvalue weighted by Crippen LogP contribution is -2.35. The molecule has 1 atom stereocenters. The van der Waals surface area contributed by atoms with Gasteiger partial charge in [-0.2, -0.15) is 0 Å². The molecular formula is C23H19N3OS2. The van der Waals surface area contributed by atoms with Crippen molar-refractivity contribution in [3.63, 3.8) is 0 Å². The largest absolute Gasteiger partial charge is 0.311 e. The summed E-state index contributed by atoms with van der Waals surface area (Å²) in [7, 11) is 0. The minimum atomic E-state index is -0.223. The summed E-state index contributed by atoms with van der Waals surface area (Å²) < 4.78 is 0. The third-order valence-corrected chi connectivity index (χ3v) is 7.34. The minimum Gasteiger partial charge on any atom is -0.311 e. The molecule has 3 heterocycles. The number of para-hydroxylation sites is 1. The van der Waals surface area contributed by atoms with Crippen molar-refractivity contribution in [2.75, 3.05) is 11.4 Å². The van der Waals surface area contributed by atoms with Crippen LogP contribution in [0, 0.1) is 0 Å². The molecule has 1 aliphatic heterocycles. The summed E-state index contributed by atoms with van der Waals surface area (Å²) in [6.07, 6.45) is 2.51. The topological polar surface area (TPSA) is 46.1 Å². The van der Waals surface area contributed by atoms with Gasteiger partial charge >= 0.3 is 0 Å². The standard InChI is InChI=1S/C23H19N3OS2/c1-15(23(27)26-12-11-16-7-5-6-10-19(16)26)28-21-18-13-20(17-8-3-2-4-9-17)29-22(18)25-14-24-21/h2-10,13-15H,11-12H2,1H3. The van der Waals surface area contributed by atoms with Gasteiger partial charge in [-0.25, -0.2) is 9.97 Å². The van der Waals surface area contributed by atoms with Gasteiger partial charge in [-0.1, -0.05) is 60.3 Å². The summed E-state index contributed by atoms with van der Waals surface area (Å²) in [5.41, 5.74) is 3.46. The van der Waals surface area contributed by atoms with Crippen molar-refractivity contribution in [3.05, 3.63) is 72.6 Å². The monoisotopic (exact) mass is 417 g/mol. The van der Waals surface area contributed by atoms with Gasteiger partial charge in [0.25, 0.3) is 0 Å². The van der Waals surface area contributed by atoms with Crippen molar-refractivity contribution < 1.29 is 4.79 Å². The van der Waals surface area contributed by atoms with Crippen molar-refractivity contribution in [2.24, 2.45) is 0 Å². The molecule has 0 spiro atoms. The average molecular weight is 418 g/mol. The Morgan fingerprint density at radius 3 is 2.76 bits per heavy atom. The molecule has 144 valence electrons. The highest BCUT2D eigenvalue weighted by Gasteiger charge is 2.29. The van der Waals surface area contributed by atoms with Gasteiger partial charge in [0.2, 0.25) is 5.91 Å². The fourth-order valence-corrected chi connectivity index (χ4v) is 5.70. The van der Waals surface area contributed by atoms with Crippen molar-refractivity contribution in [2.45, 2.75) is 23.6 Å². The van der Waals surface area contributed by atoms with E-state index in [1.54, 1.807) is 17.7 Å². The third kappa shape index (κ3) is 3.43. The summed E-state index contributed by atoms with van der Waals surface area (Å²) >= 11 is 3.17. The summed E-state index contributed by atoms with van der Waals surface area (Å²) in [5, 5.41) is 1.66. The second-order valence-electron chi connectivity index (χ2n) is 7.00. The smallest absolute Gasteiger partial charge is 0.240 e. The van der Waals surface area contributed by atoms with E-state index in [1.165, 1.54) is 22.9 Å². The predicted octanol–water partition coefficient (Wildman–Crippen LogP) is 5.43. The summed E-state index contributed by atoms with van der Waals surface area (Å²) in [6.45, 7) is 2.71. The quantitative estimate of drug-likeness (QED) is 0.328. The molecule has 29 heavy (non-hydrogen) atoms. The first-order valence-electron chi connectivity index (χ1n) is 9.56. The molecule has 2 aromatic carbocycles. The highest BCUT2D eigenvalue weighted by Crippen LogP contribution is 2.38. The van der Waals surface area contributed by atoms with Crippen LogP contribution in [0.4, 0.5) is 5.69 Å². The number of carbonyl (C=O) groups excluding carboxylic acids is 1. The SMILES string of the molecule is CC(Sc1ncnc2sc(-c3ccccc3)cc12)C(=O)N1CCc2ccccc21. The summed E-state index contributed by atoms with van der Waals surface area (Å²) in [5.74, 6) is 0.130. The second kappa shape index (κ2) is 7.61. The Bertz CT molecular complexity index is 1190. The molecule has 4 nitrogen and oxygen atoms in total. The Hall–Kier alpha value is -2.70. The van der Waals surface area contributed by atoms with Crippen LogP contribution in [0.3, 0.4) is 0 Å². The first-order valence-corrected chi connectivity index (χ1v) is 11.3. The molecule has 0 N–H and O–H groups in total. The van der Waals surface area contributed by atoms with Gasteiger partial charge in [0, 0.05) is 22.5 Å². The van der Waals surface area contributed by atoms with Gasteiger partial charge in [-0.3, -0.25) is 4.79 Å². The van der Waals surface area contributed by atoms with E-state index >= 15 is 0 Å². The van der Waals surface area contributed by atoms with Crippen LogP contribution in [0.25, 0.3) is 20.7 Å². The molecule has 0 saturated carbocycles. The number of thiophene rings is 1. The first-order chi connectivity index (χ1) is 14.2. The van der Waals surface area contributed by atoms with Crippen LogP contribution < -0.4 is 4.90 Å². The Labute approximate surface area is 177 Å². The van der Waals surface area contributed by atoms with E-state index in [1.807, 2.05) is 48.2 Å². The molecule has 6 heteroatoms. The maximum atomic E-state index is 13.1. The lowest BCUT2D eigenvalue weighted by molar-refractivity contribution is -0.117. The number of benzene rings is 2. The Morgan fingerprint density at radius 2 is 1.90 bits per heavy atom.